The molecule has 1 aliphatic carbocycles. The normalized spacial score (nSPS) is 28.3. The Kier molecular flexibility index (Phi) is 4.22. The van der Waals surface area contributed by atoms with E-state index in [2.05, 4.69) is 15.8 Å². The SMILES string of the molecule is C1CCCCC(N2CNCN2)CCC1. The molecular formula is C11H23N3. The van der Waals surface area contributed by atoms with Crippen molar-refractivity contribution in [2.45, 2.75) is 57.4 Å². The van der Waals surface area contributed by atoms with E-state index in [4.69, 9.17) is 0 Å². The second kappa shape index (κ2) is 5.69. The Balaban J connectivity index is 1.80. The van der Waals surface area contributed by atoms with E-state index in [9.17, 15) is 0 Å². The smallest absolute Gasteiger partial charge is 0.0634 e. The molecule has 0 bridgehead atoms. The third-order valence-corrected chi connectivity index (χ3v) is 3.45. The van der Waals surface area contributed by atoms with Crippen molar-refractivity contribution in [3.63, 3.8) is 0 Å². The van der Waals surface area contributed by atoms with Crippen LogP contribution in [0, 0.1) is 0 Å². The third-order valence-electron chi connectivity index (χ3n) is 3.45. The third kappa shape index (κ3) is 2.94. The van der Waals surface area contributed by atoms with Gasteiger partial charge in [0.05, 0.1) is 13.3 Å². The van der Waals surface area contributed by atoms with Crippen LogP contribution in [-0.2, 0) is 0 Å². The fourth-order valence-electron chi connectivity index (χ4n) is 2.57. The first kappa shape index (κ1) is 10.4. The molecule has 2 rings (SSSR count). The van der Waals surface area contributed by atoms with Crippen LogP contribution in [0.15, 0.2) is 0 Å². The van der Waals surface area contributed by atoms with Crippen LogP contribution in [0.25, 0.3) is 0 Å². The number of hydrazine groups is 1. The number of nitrogens with one attached hydrogen (secondary N) is 2. The molecule has 1 heterocycles. The molecule has 0 radical (unpaired) electrons. The Morgan fingerprint density at radius 3 is 2.07 bits per heavy atom. The summed E-state index contributed by atoms with van der Waals surface area (Å²) in [5, 5.41) is 5.74. The molecule has 0 atom stereocenters. The molecule has 0 aromatic rings. The molecule has 0 amide bonds. The lowest BCUT2D eigenvalue weighted by Gasteiger charge is -2.26. The Labute approximate surface area is 87.2 Å². The maximum absolute atomic E-state index is 3.42. The zero-order chi connectivity index (χ0) is 9.64. The van der Waals surface area contributed by atoms with Gasteiger partial charge in [-0.15, -0.1) is 0 Å². The summed E-state index contributed by atoms with van der Waals surface area (Å²) in [5.74, 6) is 0. The van der Waals surface area contributed by atoms with Crippen LogP contribution in [0.2, 0.25) is 0 Å². The molecule has 0 aromatic heterocycles. The van der Waals surface area contributed by atoms with Crippen LogP contribution >= 0.6 is 0 Å². The highest BCUT2D eigenvalue weighted by Gasteiger charge is 2.20. The number of rotatable bonds is 1. The van der Waals surface area contributed by atoms with E-state index in [0.717, 1.165) is 19.4 Å². The van der Waals surface area contributed by atoms with E-state index in [0.29, 0.717) is 0 Å². The quantitative estimate of drug-likeness (QED) is 0.671. The van der Waals surface area contributed by atoms with Gasteiger partial charge in [0.25, 0.3) is 0 Å². The van der Waals surface area contributed by atoms with Crippen molar-refractivity contribution in [3.8, 4) is 0 Å². The summed E-state index contributed by atoms with van der Waals surface area (Å²) in [4.78, 5) is 0. The van der Waals surface area contributed by atoms with Crippen LogP contribution in [0.3, 0.4) is 0 Å². The van der Waals surface area contributed by atoms with Crippen molar-refractivity contribution in [1.82, 2.24) is 15.8 Å². The predicted molar refractivity (Wildman–Crippen MR) is 58.6 cm³/mol. The topological polar surface area (TPSA) is 27.3 Å². The lowest BCUT2D eigenvalue weighted by Crippen LogP contribution is -2.40. The largest absolute Gasteiger partial charge is 0.290 e. The van der Waals surface area contributed by atoms with Gasteiger partial charge in [0.15, 0.2) is 0 Å². The van der Waals surface area contributed by atoms with Crippen LogP contribution in [0.5, 0.6) is 0 Å². The molecule has 1 aliphatic heterocycles. The highest BCUT2D eigenvalue weighted by atomic mass is 15.6. The van der Waals surface area contributed by atoms with Gasteiger partial charge >= 0.3 is 0 Å². The minimum absolute atomic E-state index is 0.781. The first-order valence-corrected chi connectivity index (χ1v) is 6.18. The van der Waals surface area contributed by atoms with Crippen molar-refractivity contribution in [2.75, 3.05) is 13.3 Å². The monoisotopic (exact) mass is 197 g/mol. The van der Waals surface area contributed by atoms with Crippen LogP contribution in [-0.4, -0.2) is 24.4 Å². The summed E-state index contributed by atoms with van der Waals surface area (Å²) in [6.45, 7) is 1.99. The van der Waals surface area contributed by atoms with Gasteiger partial charge in [-0.1, -0.05) is 38.5 Å². The average Bonchev–Trinajstić information content (AvgIpc) is 2.75. The summed E-state index contributed by atoms with van der Waals surface area (Å²) < 4.78 is 0. The molecule has 1 saturated heterocycles. The molecule has 0 aromatic carbocycles. The molecule has 2 N–H and O–H groups in total. The Bertz CT molecular complexity index is 145. The van der Waals surface area contributed by atoms with Crippen molar-refractivity contribution in [2.24, 2.45) is 0 Å². The van der Waals surface area contributed by atoms with E-state index in [1.165, 1.54) is 51.4 Å². The van der Waals surface area contributed by atoms with Crippen molar-refractivity contribution >= 4 is 0 Å². The standard InChI is InChI=1S/C11H23N3/c1-2-4-6-8-11(7-5-3-1)14-10-12-9-13-14/h11-13H,1-10H2. The molecule has 0 unspecified atom stereocenters. The zero-order valence-electron chi connectivity index (χ0n) is 9.10. The highest BCUT2D eigenvalue weighted by Crippen LogP contribution is 2.20. The van der Waals surface area contributed by atoms with E-state index in [1.54, 1.807) is 0 Å². The van der Waals surface area contributed by atoms with E-state index in [-0.39, 0.29) is 0 Å². The lowest BCUT2D eigenvalue weighted by atomic mass is 10.1. The summed E-state index contributed by atoms with van der Waals surface area (Å²) >= 11 is 0. The van der Waals surface area contributed by atoms with Gasteiger partial charge in [-0.25, -0.2) is 10.4 Å². The van der Waals surface area contributed by atoms with Gasteiger partial charge < -0.3 is 0 Å². The van der Waals surface area contributed by atoms with E-state index in [1.807, 2.05) is 0 Å². The summed E-state index contributed by atoms with van der Waals surface area (Å²) in [7, 11) is 0. The summed E-state index contributed by atoms with van der Waals surface area (Å²) in [5.41, 5.74) is 3.42. The number of nitrogens with zero attached hydrogens (tertiary/aromatic N) is 1. The van der Waals surface area contributed by atoms with Gasteiger partial charge in [0, 0.05) is 6.04 Å². The van der Waals surface area contributed by atoms with Gasteiger partial charge in [-0.05, 0) is 12.8 Å². The van der Waals surface area contributed by atoms with E-state index < -0.39 is 0 Å². The molecule has 3 heteroatoms. The molecule has 0 spiro atoms. The summed E-state index contributed by atoms with van der Waals surface area (Å²) in [6.07, 6.45) is 11.4. The Morgan fingerprint density at radius 1 is 0.857 bits per heavy atom. The fourth-order valence-corrected chi connectivity index (χ4v) is 2.57. The van der Waals surface area contributed by atoms with Crippen LogP contribution in [0.1, 0.15) is 51.4 Å². The first-order valence-electron chi connectivity index (χ1n) is 6.18. The minimum atomic E-state index is 0.781. The number of hydrogen-bond donors (Lipinski definition) is 2. The molecular weight excluding hydrogens is 174 g/mol. The van der Waals surface area contributed by atoms with Crippen molar-refractivity contribution in [1.29, 1.82) is 0 Å². The summed E-state index contributed by atoms with van der Waals surface area (Å²) in [6, 6.07) is 0.781. The predicted octanol–water partition coefficient (Wildman–Crippen LogP) is 1.81. The Morgan fingerprint density at radius 2 is 1.50 bits per heavy atom. The molecule has 82 valence electrons. The Hall–Kier alpha value is -0.120. The highest BCUT2D eigenvalue weighted by molar-refractivity contribution is 4.72. The van der Waals surface area contributed by atoms with Gasteiger partial charge in [0.2, 0.25) is 0 Å². The number of hydrogen-bond acceptors (Lipinski definition) is 3. The molecule has 1 saturated carbocycles. The van der Waals surface area contributed by atoms with Crippen LogP contribution < -0.4 is 10.7 Å². The van der Waals surface area contributed by atoms with Crippen molar-refractivity contribution < 1.29 is 0 Å². The molecule has 2 fully saturated rings. The maximum atomic E-state index is 3.42. The van der Waals surface area contributed by atoms with Gasteiger partial charge in [-0.2, -0.15) is 0 Å². The van der Waals surface area contributed by atoms with Crippen molar-refractivity contribution in [3.05, 3.63) is 0 Å². The average molecular weight is 197 g/mol. The minimum Gasteiger partial charge on any atom is -0.290 e. The lowest BCUT2D eigenvalue weighted by molar-refractivity contribution is 0.151. The second-order valence-electron chi connectivity index (χ2n) is 4.57. The zero-order valence-corrected chi connectivity index (χ0v) is 9.10. The molecule has 14 heavy (non-hydrogen) atoms. The maximum Gasteiger partial charge on any atom is 0.0634 e. The van der Waals surface area contributed by atoms with Gasteiger partial charge in [0.1, 0.15) is 0 Å². The molecule has 2 aliphatic rings. The molecule has 3 nitrogen and oxygen atoms in total. The van der Waals surface area contributed by atoms with E-state index >= 15 is 0 Å². The fraction of sp³-hybridized carbons (Fsp3) is 1.00. The second-order valence-corrected chi connectivity index (χ2v) is 4.57. The van der Waals surface area contributed by atoms with Gasteiger partial charge in [-0.3, -0.25) is 5.32 Å². The first-order chi connectivity index (χ1) is 6.97. The van der Waals surface area contributed by atoms with Crippen LogP contribution in [0.4, 0.5) is 0 Å².